The molecule has 1 N–H and O–H groups in total. The second kappa shape index (κ2) is 7.38. The molecule has 0 saturated carbocycles. The Morgan fingerprint density at radius 1 is 1.29 bits per heavy atom. The van der Waals surface area contributed by atoms with Gasteiger partial charge in [0.1, 0.15) is 0 Å². The maximum atomic E-state index is 12.1. The molecule has 1 heterocycles. The molecule has 0 aliphatic carbocycles. The zero-order valence-electron chi connectivity index (χ0n) is 11.9. The van der Waals surface area contributed by atoms with Crippen LogP contribution in [-0.2, 0) is 4.79 Å². The molecule has 0 radical (unpaired) electrons. The van der Waals surface area contributed by atoms with Crippen LogP contribution in [-0.4, -0.2) is 22.4 Å². The van der Waals surface area contributed by atoms with Gasteiger partial charge in [-0.1, -0.05) is 18.7 Å². The van der Waals surface area contributed by atoms with E-state index < -0.39 is 0 Å². The number of benzene rings is 1. The number of amides is 1. The van der Waals surface area contributed by atoms with Crippen LogP contribution in [0.5, 0.6) is 0 Å². The number of hydrogen-bond acceptors (Lipinski definition) is 5. The van der Waals surface area contributed by atoms with Crippen molar-refractivity contribution in [2.75, 3.05) is 11.1 Å². The lowest BCUT2D eigenvalue weighted by Crippen LogP contribution is -2.09. The molecule has 6 heteroatoms. The topological polar surface area (TPSA) is 59.1 Å². The monoisotopic (exact) mass is 320 g/mol. The zero-order valence-corrected chi connectivity index (χ0v) is 13.5. The molecule has 1 aromatic heterocycles. The number of anilines is 1. The van der Waals surface area contributed by atoms with Crippen LogP contribution in [0.3, 0.4) is 0 Å². The number of aromatic nitrogens is 1. The number of aryl methyl sites for hydroxylation is 1. The predicted molar refractivity (Wildman–Crippen MR) is 87.3 cm³/mol. The minimum Gasteiger partial charge on any atom is -0.326 e. The van der Waals surface area contributed by atoms with Crippen molar-refractivity contribution in [1.82, 2.24) is 4.98 Å². The molecule has 0 bridgehead atoms. The minimum atomic E-state index is -0.0382. The van der Waals surface area contributed by atoms with Gasteiger partial charge in [-0.25, -0.2) is 4.98 Å². The van der Waals surface area contributed by atoms with Gasteiger partial charge in [0.2, 0.25) is 5.91 Å². The molecule has 1 amide bonds. The summed E-state index contributed by atoms with van der Waals surface area (Å²) >= 11 is 3.00. The Morgan fingerprint density at radius 3 is 2.57 bits per heavy atom. The first-order valence-electron chi connectivity index (χ1n) is 6.56. The quantitative estimate of drug-likeness (QED) is 0.650. The van der Waals surface area contributed by atoms with E-state index >= 15 is 0 Å². The van der Waals surface area contributed by atoms with Crippen LogP contribution in [0, 0.1) is 6.92 Å². The highest BCUT2D eigenvalue weighted by molar-refractivity contribution is 8.01. The number of nitrogens with one attached hydrogen (secondary N) is 1. The summed E-state index contributed by atoms with van der Waals surface area (Å²) in [6, 6.07) is 6.97. The number of nitrogens with zero attached hydrogens (tertiary/aromatic N) is 1. The van der Waals surface area contributed by atoms with Crippen LogP contribution in [0.4, 0.5) is 5.69 Å². The summed E-state index contributed by atoms with van der Waals surface area (Å²) in [5, 5.41) is 4.72. The van der Waals surface area contributed by atoms with Crippen LogP contribution in [0.2, 0.25) is 0 Å². The van der Waals surface area contributed by atoms with E-state index in [9.17, 15) is 9.59 Å². The largest absolute Gasteiger partial charge is 0.326 e. The van der Waals surface area contributed by atoms with Crippen molar-refractivity contribution in [3.63, 3.8) is 0 Å². The number of thiazole rings is 1. The van der Waals surface area contributed by atoms with Crippen LogP contribution >= 0.6 is 23.1 Å². The molecule has 0 saturated heterocycles. The molecule has 1 aromatic carbocycles. The Bertz CT molecular complexity index is 635. The van der Waals surface area contributed by atoms with Gasteiger partial charge in [0.05, 0.1) is 5.75 Å². The standard InChI is InChI=1S/C15H16N2O2S2/c1-3-14(19)17-12-6-4-11(5-7-12)13(18)9-21-15-16-10(2)8-20-15/h4-8H,3,9H2,1-2H3,(H,17,19). The fourth-order valence-corrected chi connectivity index (χ4v) is 3.34. The van der Waals surface area contributed by atoms with Gasteiger partial charge in [-0.05, 0) is 31.2 Å². The lowest BCUT2D eigenvalue weighted by Gasteiger charge is -2.04. The van der Waals surface area contributed by atoms with Gasteiger partial charge in [0.15, 0.2) is 10.1 Å². The Balaban J connectivity index is 1.91. The lowest BCUT2D eigenvalue weighted by atomic mass is 10.1. The van der Waals surface area contributed by atoms with Crippen molar-refractivity contribution in [2.24, 2.45) is 0 Å². The van der Waals surface area contributed by atoms with E-state index in [1.54, 1.807) is 42.5 Å². The summed E-state index contributed by atoms with van der Waals surface area (Å²) in [6.07, 6.45) is 0.435. The van der Waals surface area contributed by atoms with Gasteiger partial charge < -0.3 is 5.32 Å². The summed E-state index contributed by atoms with van der Waals surface area (Å²) in [6.45, 7) is 3.73. The van der Waals surface area contributed by atoms with E-state index in [0.29, 0.717) is 23.4 Å². The molecular weight excluding hydrogens is 304 g/mol. The molecule has 0 aliphatic heterocycles. The molecule has 4 nitrogen and oxygen atoms in total. The fourth-order valence-electron chi connectivity index (χ4n) is 1.60. The molecule has 0 atom stereocenters. The number of ketones is 1. The van der Waals surface area contributed by atoms with Crippen LogP contribution in [0.15, 0.2) is 34.0 Å². The van der Waals surface area contributed by atoms with Crippen molar-refractivity contribution in [3.05, 3.63) is 40.9 Å². The third kappa shape index (κ3) is 4.68. The summed E-state index contributed by atoms with van der Waals surface area (Å²) in [5.74, 6) is 0.387. The summed E-state index contributed by atoms with van der Waals surface area (Å²) in [4.78, 5) is 27.7. The number of carbonyl (C=O) groups is 2. The number of hydrogen-bond donors (Lipinski definition) is 1. The Kier molecular flexibility index (Phi) is 5.52. The molecule has 2 rings (SSSR count). The molecule has 2 aromatic rings. The highest BCUT2D eigenvalue weighted by Crippen LogP contribution is 2.23. The predicted octanol–water partition coefficient (Wildman–Crippen LogP) is 3.78. The average Bonchev–Trinajstić information content (AvgIpc) is 2.91. The first kappa shape index (κ1) is 15.7. The SMILES string of the molecule is CCC(=O)Nc1ccc(C(=O)CSc2nc(C)cs2)cc1. The van der Waals surface area contributed by atoms with Crippen LogP contribution < -0.4 is 5.32 Å². The molecule has 0 fully saturated rings. The average molecular weight is 320 g/mol. The normalized spacial score (nSPS) is 10.4. The van der Waals surface area contributed by atoms with Crippen molar-refractivity contribution in [1.29, 1.82) is 0 Å². The third-order valence-corrected chi connectivity index (χ3v) is 4.88. The molecule has 0 aliphatic rings. The van der Waals surface area contributed by atoms with Gasteiger partial charge >= 0.3 is 0 Å². The summed E-state index contributed by atoms with van der Waals surface area (Å²) in [5.41, 5.74) is 2.33. The number of Topliss-reactive ketones (excluding diaryl/α,β-unsaturated/α-hetero) is 1. The third-order valence-electron chi connectivity index (χ3n) is 2.74. The number of rotatable bonds is 6. The molecule has 21 heavy (non-hydrogen) atoms. The van der Waals surface area contributed by atoms with Gasteiger partial charge in [0, 0.05) is 28.7 Å². The first-order chi connectivity index (χ1) is 10.1. The van der Waals surface area contributed by atoms with Crippen molar-refractivity contribution < 1.29 is 9.59 Å². The minimum absolute atomic E-state index is 0.0382. The smallest absolute Gasteiger partial charge is 0.224 e. The van der Waals surface area contributed by atoms with Crippen LogP contribution in [0.25, 0.3) is 0 Å². The first-order valence-corrected chi connectivity index (χ1v) is 8.43. The van der Waals surface area contributed by atoms with Crippen LogP contribution in [0.1, 0.15) is 29.4 Å². The highest BCUT2D eigenvalue weighted by atomic mass is 32.2. The lowest BCUT2D eigenvalue weighted by molar-refractivity contribution is -0.115. The number of carbonyl (C=O) groups excluding carboxylic acids is 2. The molecule has 110 valence electrons. The van der Waals surface area contributed by atoms with E-state index in [1.165, 1.54) is 11.8 Å². The van der Waals surface area contributed by atoms with Crippen molar-refractivity contribution in [2.45, 2.75) is 24.6 Å². The Labute approximate surface area is 132 Å². The van der Waals surface area contributed by atoms with Gasteiger partial charge in [-0.3, -0.25) is 9.59 Å². The van der Waals surface area contributed by atoms with E-state index in [4.69, 9.17) is 0 Å². The second-order valence-corrected chi connectivity index (χ2v) is 6.53. The van der Waals surface area contributed by atoms with Gasteiger partial charge in [-0.2, -0.15) is 0 Å². The maximum Gasteiger partial charge on any atom is 0.224 e. The molecule has 0 unspecified atom stereocenters. The van der Waals surface area contributed by atoms with E-state index in [2.05, 4.69) is 10.3 Å². The van der Waals surface area contributed by atoms with Gasteiger partial charge in [-0.15, -0.1) is 11.3 Å². The van der Waals surface area contributed by atoms with Gasteiger partial charge in [0.25, 0.3) is 0 Å². The van der Waals surface area contributed by atoms with E-state index in [0.717, 1.165) is 10.0 Å². The Morgan fingerprint density at radius 2 is 2.00 bits per heavy atom. The molecule has 0 spiro atoms. The molecular formula is C15H16N2O2S2. The van der Waals surface area contributed by atoms with E-state index in [1.807, 2.05) is 12.3 Å². The zero-order chi connectivity index (χ0) is 15.2. The van der Waals surface area contributed by atoms with Crippen molar-refractivity contribution >= 4 is 40.5 Å². The maximum absolute atomic E-state index is 12.1. The highest BCUT2D eigenvalue weighted by Gasteiger charge is 2.09. The van der Waals surface area contributed by atoms with Crippen molar-refractivity contribution in [3.8, 4) is 0 Å². The summed E-state index contributed by atoms with van der Waals surface area (Å²) in [7, 11) is 0. The number of thioether (sulfide) groups is 1. The van der Waals surface area contributed by atoms with E-state index in [-0.39, 0.29) is 11.7 Å². The summed E-state index contributed by atoms with van der Waals surface area (Å²) < 4.78 is 0.910. The second-order valence-electron chi connectivity index (χ2n) is 4.45. The Hall–Kier alpha value is -1.66. The fraction of sp³-hybridized carbons (Fsp3) is 0.267.